The molecule has 0 amide bonds. The smallest absolute Gasteiger partial charge is 0.204 e. The Morgan fingerprint density at radius 1 is 0.852 bits per heavy atom. The van der Waals surface area contributed by atoms with Crippen LogP contribution < -0.4 is 5.32 Å². The summed E-state index contributed by atoms with van der Waals surface area (Å²) in [6.45, 7) is 0.740. The van der Waals surface area contributed by atoms with Gasteiger partial charge in [-0.15, -0.1) is 10.2 Å². The van der Waals surface area contributed by atoms with Crippen LogP contribution in [0.4, 0.5) is 5.69 Å². The maximum absolute atomic E-state index is 6.26. The van der Waals surface area contributed by atoms with Crippen molar-refractivity contribution in [1.82, 2.24) is 20.6 Å². The fraction of sp³-hybridized carbons (Fsp3) is 0.0952. The van der Waals surface area contributed by atoms with Crippen molar-refractivity contribution in [3.63, 3.8) is 0 Å². The maximum Gasteiger partial charge on any atom is 0.204 e. The summed E-state index contributed by atoms with van der Waals surface area (Å²) in [5, 5.41) is 18.1. The van der Waals surface area contributed by atoms with Gasteiger partial charge in [0.1, 0.15) is 0 Å². The zero-order valence-electron chi connectivity index (χ0n) is 13.9. The molecule has 5 nitrogen and oxygen atoms in total. The number of rotatable bonds is 5. The lowest BCUT2D eigenvalue weighted by Crippen LogP contribution is -1.99. The number of aromatic nitrogens is 4. The van der Waals surface area contributed by atoms with E-state index in [-0.39, 0.29) is 7.43 Å². The Morgan fingerprint density at radius 2 is 1.56 bits per heavy atom. The summed E-state index contributed by atoms with van der Waals surface area (Å²) in [5.74, 6) is 0.590. The first-order valence-electron chi connectivity index (χ1n) is 8.21. The molecular formula is C21H20ClN5. The molecule has 27 heavy (non-hydrogen) atoms. The molecule has 1 aromatic heterocycles. The highest BCUT2D eigenvalue weighted by Crippen LogP contribution is 2.27. The van der Waals surface area contributed by atoms with Crippen LogP contribution in [-0.4, -0.2) is 20.6 Å². The predicted octanol–water partition coefficient (Wildman–Crippen LogP) is 5.44. The molecule has 1 heterocycles. The number of hydrogen-bond acceptors (Lipinski definition) is 4. The quantitative estimate of drug-likeness (QED) is 0.486. The molecule has 3 aromatic carbocycles. The lowest BCUT2D eigenvalue weighted by Gasteiger charge is -2.09. The molecule has 4 aromatic rings. The molecule has 0 spiro atoms. The Morgan fingerprint density at radius 3 is 2.22 bits per heavy atom. The van der Waals surface area contributed by atoms with Crippen LogP contribution in [-0.2, 0) is 6.54 Å². The fourth-order valence-corrected chi connectivity index (χ4v) is 2.97. The molecule has 0 aliphatic carbocycles. The molecule has 136 valence electrons. The largest absolute Gasteiger partial charge is 0.381 e. The van der Waals surface area contributed by atoms with Crippen LogP contribution in [0.1, 0.15) is 13.0 Å². The number of H-pyrrole nitrogens is 1. The predicted molar refractivity (Wildman–Crippen MR) is 111 cm³/mol. The number of hydrogen-bond donors (Lipinski definition) is 2. The van der Waals surface area contributed by atoms with E-state index in [2.05, 4.69) is 50.2 Å². The molecule has 0 aliphatic rings. The third-order valence-corrected chi connectivity index (χ3v) is 4.45. The molecule has 4 rings (SSSR count). The van der Waals surface area contributed by atoms with Crippen molar-refractivity contribution in [1.29, 1.82) is 0 Å². The normalized spacial score (nSPS) is 10.3. The Hall–Kier alpha value is -3.18. The van der Waals surface area contributed by atoms with Crippen LogP contribution >= 0.6 is 11.6 Å². The molecule has 0 bridgehead atoms. The van der Waals surface area contributed by atoms with E-state index in [1.54, 1.807) is 0 Å². The molecule has 0 radical (unpaired) electrons. The van der Waals surface area contributed by atoms with Crippen molar-refractivity contribution in [3.05, 3.63) is 83.4 Å². The van der Waals surface area contributed by atoms with Crippen LogP contribution in [0, 0.1) is 0 Å². The van der Waals surface area contributed by atoms with Gasteiger partial charge >= 0.3 is 0 Å². The van der Waals surface area contributed by atoms with Gasteiger partial charge in [0.25, 0.3) is 0 Å². The van der Waals surface area contributed by atoms with Crippen molar-refractivity contribution in [3.8, 4) is 22.5 Å². The van der Waals surface area contributed by atoms with Crippen molar-refractivity contribution < 1.29 is 0 Å². The van der Waals surface area contributed by atoms with Crippen LogP contribution in [0.3, 0.4) is 0 Å². The number of nitrogens with zero attached hydrogens (tertiary/aromatic N) is 3. The van der Waals surface area contributed by atoms with Gasteiger partial charge < -0.3 is 5.32 Å². The third-order valence-electron chi connectivity index (χ3n) is 4.12. The van der Waals surface area contributed by atoms with E-state index in [0.29, 0.717) is 5.82 Å². The minimum absolute atomic E-state index is 0. The van der Waals surface area contributed by atoms with Crippen molar-refractivity contribution in [2.24, 2.45) is 0 Å². The van der Waals surface area contributed by atoms with Gasteiger partial charge in [0.05, 0.1) is 0 Å². The summed E-state index contributed by atoms with van der Waals surface area (Å²) in [5.41, 5.74) is 5.32. The summed E-state index contributed by atoms with van der Waals surface area (Å²) >= 11 is 6.26. The molecule has 6 heteroatoms. The molecular weight excluding hydrogens is 358 g/mol. The Labute approximate surface area is 163 Å². The molecule has 2 N–H and O–H groups in total. The second-order valence-electron chi connectivity index (χ2n) is 5.84. The highest BCUT2D eigenvalue weighted by molar-refractivity contribution is 6.33. The van der Waals surface area contributed by atoms with Gasteiger partial charge in [0.2, 0.25) is 5.82 Å². The maximum atomic E-state index is 6.26. The van der Waals surface area contributed by atoms with Crippen LogP contribution in [0.25, 0.3) is 22.5 Å². The average molecular weight is 378 g/mol. The molecule has 0 fully saturated rings. The van der Waals surface area contributed by atoms with Crippen molar-refractivity contribution >= 4 is 17.3 Å². The van der Waals surface area contributed by atoms with Crippen LogP contribution in [0.5, 0.6) is 0 Å². The van der Waals surface area contributed by atoms with Gasteiger partial charge in [-0.1, -0.05) is 61.5 Å². The lowest BCUT2D eigenvalue weighted by atomic mass is 10.0. The summed E-state index contributed by atoms with van der Waals surface area (Å²) < 4.78 is 0. The highest BCUT2D eigenvalue weighted by atomic mass is 35.5. The summed E-state index contributed by atoms with van der Waals surface area (Å²) in [7, 11) is 0. The van der Waals surface area contributed by atoms with Gasteiger partial charge in [0, 0.05) is 28.4 Å². The monoisotopic (exact) mass is 377 g/mol. The first kappa shape index (κ1) is 18.6. The SMILES string of the molecule is C.Clc1ccccc1-c1ccc(CNc2ccc(-c3nn[nH]n3)cc2)cc1. The minimum Gasteiger partial charge on any atom is -0.381 e. The van der Waals surface area contributed by atoms with Crippen LogP contribution in [0.15, 0.2) is 72.8 Å². The van der Waals surface area contributed by atoms with E-state index < -0.39 is 0 Å². The fourth-order valence-electron chi connectivity index (χ4n) is 2.72. The Bertz CT molecular complexity index is 980. The van der Waals surface area contributed by atoms with E-state index in [0.717, 1.165) is 33.9 Å². The first-order valence-corrected chi connectivity index (χ1v) is 8.59. The van der Waals surface area contributed by atoms with E-state index in [1.807, 2.05) is 48.5 Å². The van der Waals surface area contributed by atoms with E-state index >= 15 is 0 Å². The first-order chi connectivity index (χ1) is 12.8. The zero-order chi connectivity index (χ0) is 17.8. The number of nitrogens with one attached hydrogen (secondary N) is 2. The molecule has 0 unspecified atom stereocenters. The van der Waals surface area contributed by atoms with E-state index in [4.69, 9.17) is 11.6 Å². The summed E-state index contributed by atoms with van der Waals surface area (Å²) in [6, 6.07) is 24.2. The summed E-state index contributed by atoms with van der Waals surface area (Å²) in [4.78, 5) is 0. The number of anilines is 1. The molecule has 0 saturated heterocycles. The van der Waals surface area contributed by atoms with Crippen molar-refractivity contribution in [2.45, 2.75) is 14.0 Å². The summed E-state index contributed by atoms with van der Waals surface area (Å²) in [6.07, 6.45) is 0. The number of tetrazole rings is 1. The van der Waals surface area contributed by atoms with Gasteiger partial charge in [-0.2, -0.15) is 5.21 Å². The molecule has 0 atom stereocenters. The van der Waals surface area contributed by atoms with Crippen molar-refractivity contribution in [2.75, 3.05) is 5.32 Å². The minimum atomic E-state index is 0. The average Bonchev–Trinajstić information content (AvgIpc) is 3.23. The van der Waals surface area contributed by atoms with Gasteiger partial charge in [-0.25, -0.2) is 0 Å². The second-order valence-corrected chi connectivity index (χ2v) is 6.25. The number of halogens is 1. The molecule has 0 saturated carbocycles. The topological polar surface area (TPSA) is 66.5 Å². The standard InChI is InChI=1S/C20H16ClN5.CH4/c21-19-4-2-1-3-18(19)15-7-5-14(6-8-15)13-22-17-11-9-16(10-12-17)20-23-25-26-24-20;/h1-12,22H,13H2,(H,23,24,25,26);1H4. The zero-order valence-corrected chi connectivity index (χ0v) is 14.6. The van der Waals surface area contributed by atoms with Gasteiger partial charge in [-0.05, 0) is 46.7 Å². The van der Waals surface area contributed by atoms with Crippen LogP contribution in [0.2, 0.25) is 5.02 Å². The lowest BCUT2D eigenvalue weighted by molar-refractivity contribution is 0.881. The second kappa shape index (κ2) is 8.47. The Kier molecular flexibility index (Phi) is 5.84. The molecule has 0 aliphatic heterocycles. The highest BCUT2D eigenvalue weighted by Gasteiger charge is 2.04. The van der Waals surface area contributed by atoms with E-state index in [1.165, 1.54) is 5.56 Å². The Balaban J connectivity index is 0.00000210. The van der Waals surface area contributed by atoms with E-state index in [9.17, 15) is 0 Å². The number of aromatic amines is 1. The van der Waals surface area contributed by atoms with Gasteiger partial charge in [-0.3, -0.25) is 0 Å². The number of benzene rings is 3. The van der Waals surface area contributed by atoms with Gasteiger partial charge in [0.15, 0.2) is 0 Å². The third kappa shape index (κ3) is 4.33.